The average Bonchev–Trinajstić information content (AvgIpc) is 2.73. The van der Waals surface area contributed by atoms with Gasteiger partial charge in [0.25, 0.3) is 0 Å². The summed E-state index contributed by atoms with van der Waals surface area (Å²) in [5.41, 5.74) is 5.88. The van der Waals surface area contributed by atoms with Crippen molar-refractivity contribution < 1.29 is 22.0 Å². The van der Waals surface area contributed by atoms with E-state index in [1.807, 2.05) is 0 Å². The van der Waals surface area contributed by atoms with Gasteiger partial charge in [0.2, 0.25) is 0 Å². The highest BCUT2D eigenvalue weighted by molar-refractivity contribution is 7.80. The van der Waals surface area contributed by atoms with Crippen LogP contribution in [0.1, 0.15) is 38.5 Å². The Morgan fingerprint density at radius 3 is 2.54 bits per heavy atom. The minimum absolute atomic E-state index is 0.179. The summed E-state index contributed by atoms with van der Waals surface area (Å²) in [5, 5.41) is 12.2. The van der Waals surface area contributed by atoms with Gasteiger partial charge in [-0.15, -0.1) is 4.28 Å². The molecule has 0 aromatic heterocycles. The molecule has 0 spiro atoms. The number of carbonyl (C=O) groups is 1. The van der Waals surface area contributed by atoms with Crippen molar-refractivity contribution in [3.8, 4) is 0 Å². The summed E-state index contributed by atoms with van der Waals surface area (Å²) in [6, 6.07) is -1.11. The fraction of sp³-hybridized carbons (Fsp3) is 0.846. The Kier molecular flexibility index (Phi) is 4.69. The number of fused-ring (bicyclic) bond motifs is 2. The van der Waals surface area contributed by atoms with E-state index < -0.39 is 28.5 Å². The quantitative estimate of drug-likeness (QED) is 0.308. The van der Waals surface area contributed by atoms with Crippen LogP contribution in [0.2, 0.25) is 0 Å². The van der Waals surface area contributed by atoms with Gasteiger partial charge in [-0.1, -0.05) is 0 Å². The zero-order valence-corrected chi connectivity index (χ0v) is 14.0. The highest BCUT2D eigenvalue weighted by atomic mass is 32.3. The van der Waals surface area contributed by atoms with E-state index in [4.69, 9.17) is 15.7 Å². The molecule has 24 heavy (non-hydrogen) atoms. The minimum Gasteiger partial charge on any atom is -0.370 e. The van der Waals surface area contributed by atoms with E-state index in [2.05, 4.69) is 9.60 Å². The monoisotopic (exact) mass is 361 g/mol. The lowest BCUT2D eigenvalue weighted by molar-refractivity contribution is -0.0316. The van der Waals surface area contributed by atoms with Crippen molar-refractivity contribution in [1.82, 2.24) is 15.3 Å². The number of nitrogens with zero attached hydrogens (tertiary/aromatic N) is 2. The topological polar surface area (TPSA) is 149 Å². The molecule has 0 aromatic carbocycles. The Morgan fingerprint density at radius 1 is 1.25 bits per heavy atom. The van der Waals surface area contributed by atoms with E-state index >= 15 is 0 Å². The Morgan fingerprint density at radius 2 is 1.92 bits per heavy atom. The maximum Gasteiger partial charge on any atom is 0.418 e. The number of hydrogen-bond donors (Lipinski definition) is 4. The third-order valence-electron chi connectivity index (χ3n) is 4.96. The predicted octanol–water partition coefficient (Wildman–Crippen LogP) is -0.174. The number of rotatable bonds is 4. The number of urea groups is 1. The van der Waals surface area contributed by atoms with Gasteiger partial charge in [0.05, 0.1) is 12.1 Å². The number of amidine groups is 1. The molecule has 0 radical (unpaired) electrons. The predicted molar refractivity (Wildman–Crippen MR) is 84.5 cm³/mol. The standard InChI is InChI=1S/C13H23N5O5S/c14-8-1-3-9(4-2-8)16-12(15)11-6-5-10-7-17(11)13(19)18(10)23-24(20,21)22/h8-11H,1-7,14H2,(H2,15,16)(H,20,21,22)/t8?,9?,10-,11+/m1/s1. The summed E-state index contributed by atoms with van der Waals surface area (Å²) in [4.78, 5) is 13.7. The first-order chi connectivity index (χ1) is 11.2. The van der Waals surface area contributed by atoms with Crippen LogP contribution in [0.4, 0.5) is 4.79 Å². The van der Waals surface area contributed by atoms with Crippen molar-refractivity contribution in [3.63, 3.8) is 0 Å². The van der Waals surface area contributed by atoms with Crippen molar-refractivity contribution in [2.45, 2.75) is 62.7 Å². The van der Waals surface area contributed by atoms with Crippen LogP contribution in [0.25, 0.3) is 0 Å². The number of carbonyl (C=O) groups excluding carboxylic acids is 1. The molecule has 2 saturated heterocycles. The molecule has 11 heteroatoms. The molecular formula is C13H23N5O5S. The van der Waals surface area contributed by atoms with Gasteiger partial charge in [0, 0.05) is 18.6 Å². The molecule has 2 heterocycles. The van der Waals surface area contributed by atoms with E-state index in [1.165, 1.54) is 4.90 Å². The van der Waals surface area contributed by atoms with Crippen LogP contribution in [0.3, 0.4) is 0 Å². The molecule has 2 atom stereocenters. The molecule has 10 nitrogen and oxygen atoms in total. The van der Waals surface area contributed by atoms with E-state index in [0.717, 1.165) is 25.7 Å². The van der Waals surface area contributed by atoms with Crippen molar-refractivity contribution in [1.29, 1.82) is 5.41 Å². The molecule has 3 fully saturated rings. The van der Waals surface area contributed by atoms with E-state index in [1.54, 1.807) is 0 Å². The maximum atomic E-state index is 12.3. The van der Waals surface area contributed by atoms with E-state index in [0.29, 0.717) is 17.9 Å². The highest BCUT2D eigenvalue weighted by Crippen LogP contribution is 2.31. The zero-order chi connectivity index (χ0) is 17.5. The molecule has 3 rings (SSSR count). The molecule has 0 aromatic rings. The second-order valence-electron chi connectivity index (χ2n) is 6.68. The van der Waals surface area contributed by atoms with Crippen LogP contribution in [-0.2, 0) is 14.7 Å². The highest BCUT2D eigenvalue weighted by Gasteiger charge is 2.48. The van der Waals surface area contributed by atoms with E-state index in [9.17, 15) is 13.2 Å². The second kappa shape index (κ2) is 6.47. The van der Waals surface area contributed by atoms with Gasteiger partial charge in [-0.2, -0.15) is 13.5 Å². The SMILES string of the molecule is N=C(NC1CCC(N)CC1)[C@@H]1CC[C@@H]2CN1C(=O)N2OS(=O)(=O)O. The Labute approximate surface area is 140 Å². The smallest absolute Gasteiger partial charge is 0.370 e. The fourth-order valence-corrected chi connectivity index (χ4v) is 4.10. The zero-order valence-electron chi connectivity index (χ0n) is 13.2. The first kappa shape index (κ1) is 17.4. The van der Waals surface area contributed by atoms with E-state index in [-0.39, 0.29) is 24.5 Å². The molecular weight excluding hydrogens is 338 g/mol. The first-order valence-corrected chi connectivity index (χ1v) is 9.48. The molecule has 3 aliphatic rings. The van der Waals surface area contributed by atoms with Gasteiger partial charge >= 0.3 is 16.4 Å². The minimum atomic E-state index is -4.75. The Hall–Kier alpha value is -1.43. The third-order valence-corrected chi connectivity index (χ3v) is 5.31. The number of piperidine rings is 1. The van der Waals surface area contributed by atoms with Gasteiger partial charge in [-0.25, -0.2) is 4.79 Å². The third kappa shape index (κ3) is 3.63. The molecule has 5 N–H and O–H groups in total. The van der Waals surface area contributed by atoms with Crippen molar-refractivity contribution in [2.24, 2.45) is 5.73 Å². The van der Waals surface area contributed by atoms with Crippen LogP contribution >= 0.6 is 0 Å². The fourth-order valence-electron chi connectivity index (χ4n) is 3.71. The lowest BCUT2D eigenvalue weighted by atomic mass is 9.91. The second-order valence-corrected chi connectivity index (χ2v) is 7.68. The number of hydroxylamine groups is 2. The average molecular weight is 361 g/mol. The summed E-state index contributed by atoms with van der Waals surface area (Å²) in [6.07, 6.45) is 4.66. The molecule has 136 valence electrons. The largest absolute Gasteiger partial charge is 0.418 e. The summed E-state index contributed by atoms with van der Waals surface area (Å²) in [5.74, 6) is 0.260. The molecule has 1 aliphatic carbocycles. The van der Waals surface area contributed by atoms with Crippen molar-refractivity contribution in [3.05, 3.63) is 0 Å². The number of nitrogens with two attached hydrogens (primary N) is 1. The van der Waals surface area contributed by atoms with Crippen LogP contribution < -0.4 is 11.1 Å². The number of nitrogens with one attached hydrogen (secondary N) is 2. The van der Waals surface area contributed by atoms with Crippen LogP contribution in [-0.4, -0.2) is 65.5 Å². The van der Waals surface area contributed by atoms with Crippen LogP contribution in [0.15, 0.2) is 0 Å². The molecule has 2 amide bonds. The Balaban J connectivity index is 1.62. The maximum absolute atomic E-state index is 12.3. The normalized spacial score (nSPS) is 33.7. The van der Waals surface area contributed by atoms with Crippen molar-refractivity contribution in [2.75, 3.05) is 6.54 Å². The van der Waals surface area contributed by atoms with Gasteiger partial charge < -0.3 is 16.0 Å². The van der Waals surface area contributed by atoms with Gasteiger partial charge in [0.1, 0.15) is 5.84 Å². The van der Waals surface area contributed by atoms with Crippen molar-refractivity contribution >= 4 is 22.3 Å². The molecule has 0 unspecified atom stereocenters. The summed E-state index contributed by atoms with van der Waals surface area (Å²) < 4.78 is 34.9. The molecule has 2 aliphatic heterocycles. The number of amides is 2. The first-order valence-electron chi connectivity index (χ1n) is 8.12. The van der Waals surface area contributed by atoms with Crippen LogP contribution in [0, 0.1) is 5.41 Å². The Bertz CT molecular complexity index is 618. The number of hydrogen-bond acceptors (Lipinski definition) is 6. The summed E-state index contributed by atoms with van der Waals surface area (Å²) >= 11 is 0. The summed E-state index contributed by atoms with van der Waals surface area (Å²) in [6.45, 7) is 0.276. The van der Waals surface area contributed by atoms with Gasteiger partial charge in [0.15, 0.2) is 0 Å². The lowest BCUT2D eigenvalue weighted by Gasteiger charge is -2.34. The van der Waals surface area contributed by atoms with Gasteiger partial charge in [-0.05, 0) is 38.5 Å². The van der Waals surface area contributed by atoms with Gasteiger partial charge in [-0.3, -0.25) is 9.96 Å². The lowest BCUT2D eigenvalue weighted by Crippen LogP contribution is -2.52. The molecule has 2 bridgehead atoms. The summed E-state index contributed by atoms with van der Waals surface area (Å²) in [7, 11) is -4.75. The van der Waals surface area contributed by atoms with Crippen LogP contribution in [0.5, 0.6) is 0 Å². The molecule has 1 saturated carbocycles.